The van der Waals surface area contributed by atoms with Gasteiger partial charge in [-0.3, -0.25) is 4.79 Å². The van der Waals surface area contributed by atoms with E-state index in [0.29, 0.717) is 16.0 Å². The lowest BCUT2D eigenvalue weighted by Crippen LogP contribution is -2.19. The second-order valence-electron chi connectivity index (χ2n) is 6.59. The molecule has 1 aliphatic heterocycles. The number of carbonyl (C=O) groups is 1. The number of aliphatic imine (C=N–C) groups is 1. The molecule has 2 aromatic rings. The number of hydrogen-bond donors (Lipinski definition) is 1. The molecule has 1 heterocycles. The number of carbonyl (C=O) groups excluding carboxylic acids is 1. The number of hydrogen-bond acceptors (Lipinski definition) is 3. The van der Waals surface area contributed by atoms with Gasteiger partial charge in [-0.25, -0.2) is 4.99 Å². The fourth-order valence-corrected chi connectivity index (χ4v) is 3.48. The smallest absolute Gasteiger partial charge is 0.264 e. The average Bonchev–Trinajstić information content (AvgIpc) is 2.90. The minimum atomic E-state index is -0.0959. The molecule has 0 radical (unpaired) electrons. The molecule has 1 fully saturated rings. The first-order chi connectivity index (χ1) is 11.9. The van der Waals surface area contributed by atoms with Crippen molar-refractivity contribution in [2.75, 3.05) is 0 Å². The van der Waals surface area contributed by atoms with Gasteiger partial charge in [0.1, 0.15) is 0 Å². The first-order valence-electron chi connectivity index (χ1n) is 8.39. The Balaban J connectivity index is 1.81. The van der Waals surface area contributed by atoms with E-state index >= 15 is 0 Å². The van der Waals surface area contributed by atoms with E-state index < -0.39 is 0 Å². The molecule has 1 amide bonds. The van der Waals surface area contributed by atoms with Gasteiger partial charge in [0.15, 0.2) is 5.17 Å². The topological polar surface area (TPSA) is 41.5 Å². The summed E-state index contributed by atoms with van der Waals surface area (Å²) in [5.41, 5.74) is 5.51. The van der Waals surface area contributed by atoms with Crippen LogP contribution < -0.4 is 5.32 Å². The molecule has 0 atom stereocenters. The molecule has 0 saturated carbocycles. The fourth-order valence-electron chi connectivity index (χ4n) is 2.65. The van der Waals surface area contributed by atoms with Crippen LogP contribution in [0, 0.1) is 13.8 Å². The third-order valence-corrected chi connectivity index (χ3v) is 5.04. The van der Waals surface area contributed by atoms with Crippen LogP contribution in [0.1, 0.15) is 42.0 Å². The minimum absolute atomic E-state index is 0.0959. The summed E-state index contributed by atoms with van der Waals surface area (Å²) in [5.74, 6) is 0.406. The molecule has 0 bridgehead atoms. The molecular weight excluding hydrogens is 328 g/mol. The highest BCUT2D eigenvalue weighted by Crippen LogP contribution is 2.29. The zero-order valence-corrected chi connectivity index (χ0v) is 15.8. The first-order valence-corrected chi connectivity index (χ1v) is 9.21. The van der Waals surface area contributed by atoms with E-state index in [4.69, 9.17) is 0 Å². The second kappa shape index (κ2) is 7.28. The molecule has 3 nitrogen and oxygen atoms in total. The third kappa shape index (κ3) is 4.20. The minimum Gasteiger partial charge on any atom is -0.300 e. The first kappa shape index (κ1) is 17.5. The van der Waals surface area contributed by atoms with Crippen LogP contribution in [0.4, 0.5) is 5.69 Å². The summed E-state index contributed by atoms with van der Waals surface area (Å²) >= 11 is 1.38. The van der Waals surface area contributed by atoms with Gasteiger partial charge >= 0.3 is 0 Å². The van der Waals surface area contributed by atoms with Crippen molar-refractivity contribution >= 4 is 34.6 Å². The molecule has 4 heteroatoms. The highest BCUT2D eigenvalue weighted by molar-refractivity contribution is 8.18. The maximum Gasteiger partial charge on any atom is 0.264 e. The Morgan fingerprint density at radius 3 is 2.44 bits per heavy atom. The number of nitrogens with one attached hydrogen (secondary N) is 1. The van der Waals surface area contributed by atoms with Crippen LogP contribution in [0.15, 0.2) is 52.4 Å². The Kier molecular flexibility index (Phi) is 5.09. The van der Waals surface area contributed by atoms with Crippen molar-refractivity contribution < 1.29 is 4.79 Å². The van der Waals surface area contributed by atoms with Gasteiger partial charge in [0, 0.05) is 0 Å². The van der Waals surface area contributed by atoms with Crippen molar-refractivity contribution in [3.05, 3.63) is 69.6 Å². The zero-order chi connectivity index (χ0) is 18.0. The zero-order valence-electron chi connectivity index (χ0n) is 15.0. The maximum atomic E-state index is 12.2. The molecule has 128 valence electrons. The van der Waals surface area contributed by atoms with Gasteiger partial charge in [0.2, 0.25) is 0 Å². The van der Waals surface area contributed by atoms with Crippen LogP contribution in [0.5, 0.6) is 0 Å². The third-order valence-electron chi connectivity index (χ3n) is 4.13. The normalized spacial score (nSPS) is 17.6. The monoisotopic (exact) mass is 350 g/mol. The van der Waals surface area contributed by atoms with Crippen molar-refractivity contribution in [1.82, 2.24) is 5.32 Å². The largest absolute Gasteiger partial charge is 0.300 e. The standard InChI is InChI=1S/C21H22N2OS/c1-13(2)17-8-6-16(7-9-17)12-19-20(24)23-21(25-19)22-18-10-5-14(3)11-15(18)4/h5-13H,1-4H3,(H,22,23,24)/b19-12+. The number of thioether (sulfide) groups is 1. The average molecular weight is 350 g/mol. The Morgan fingerprint density at radius 2 is 1.80 bits per heavy atom. The van der Waals surface area contributed by atoms with Crippen LogP contribution >= 0.6 is 11.8 Å². The highest BCUT2D eigenvalue weighted by atomic mass is 32.2. The van der Waals surface area contributed by atoms with Crippen LogP contribution in [-0.4, -0.2) is 11.1 Å². The van der Waals surface area contributed by atoms with E-state index in [1.165, 1.54) is 22.9 Å². The summed E-state index contributed by atoms with van der Waals surface area (Å²) in [4.78, 5) is 17.5. The van der Waals surface area contributed by atoms with E-state index in [9.17, 15) is 4.79 Å². The predicted octanol–water partition coefficient (Wildman–Crippen LogP) is 5.32. The van der Waals surface area contributed by atoms with Crippen molar-refractivity contribution in [1.29, 1.82) is 0 Å². The number of aryl methyl sites for hydroxylation is 2. The fraction of sp³-hybridized carbons (Fsp3) is 0.238. The molecule has 0 aliphatic carbocycles. The van der Waals surface area contributed by atoms with Gasteiger partial charge in [0.25, 0.3) is 5.91 Å². The van der Waals surface area contributed by atoms with Gasteiger partial charge in [-0.2, -0.15) is 0 Å². The number of amidine groups is 1. The lowest BCUT2D eigenvalue weighted by Gasteiger charge is -2.04. The molecule has 2 aromatic carbocycles. The Labute approximate surface area is 153 Å². The molecule has 3 rings (SSSR count). The number of nitrogens with zero attached hydrogens (tertiary/aromatic N) is 1. The Hall–Kier alpha value is -2.33. The van der Waals surface area contributed by atoms with Crippen LogP contribution in [-0.2, 0) is 4.79 Å². The van der Waals surface area contributed by atoms with E-state index in [1.54, 1.807) is 0 Å². The number of benzene rings is 2. The molecule has 25 heavy (non-hydrogen) atoms. The molecule has 0 aromatic heterocycles. The van der Waals surface area contributed by atoms with Gasteiger partial charge in [-0.05, 0) is 60.4 Å². The van der Waals surface area contributed by atoms with E-state index in [0.717, 1.165) is 16.8 Å². The van der Waals surface area contributed by atoms with Crippen LogP contribution in [0.25, 0.3) is 6.08 Å². The summed E-state index contributed by atoms with van der Waals surface area (Å²) < 4.78 is 0. The maximum absolute atomic E-state index is 12.2. The van der Waals surface area contributed by atoms with E-state index in [-0.39, 0.29) is 5.91 Å². The van der Waals surface area contributed by atoms with Crippen molar-refractivity contribution in [2.45, 2.75) is 33.6 Å². The molecule has 1 aliphatic rings. The summed E-state index contributed by atoms with van der Waals surface area (Å²) in [6.07, 6.45) is 1.91. The SMILES string of the molecule is Cc1ccc(N=C2NC(=O)/C(=C\c3ccc(C(C)C)cc3)S2)c(C)c1. The second-order valence-corrected chi connectivity index (χ2v) is 7.62. The summed E-state index contributed by atoms with van der Waals surface area (Å²) in [6.45, 7) is 8.43. The highest BCUT2D eigenvalue weighted by Gasteiger charge is 2.23. The lowest BCUT2D eigenvalue weighted by molar-refractivity contribution is -0.115. The van der Waals surface area contributed by atoms with Gasteiger partial charge in [-0.15, -0.1) is 0 Å². The Morgan fingerprint density at radius 1 is 1.08 bits per heavy atom. The van der Waals surface area contributed by atoms with Gasteiger partial charge in [0.05, 0.1) is 10.6 Å². The van der Waals surface area contributed by atoms with E-state index in [2.05, 4.69) is 61.4 Å². The van der Waals surface area contributed by atoms with Gasteiger partial charge < -0.3 is 5.32 Å². The van der Waals surface area contributed by atoms with Crippen LogP contribution in [0.2, 0.25) is 0 Å². The molecule has 1 N–H and O–H groups in total. The van der Waals surface area contributed by atoms with E-state index in [1.807, 2.05) is 25.1 Å². The number of rotatable bonds is 3. The number of amides is 1. The van der Waals surface area contributed by atoms with Crippen molar-refractivity contribution in [2.24, 2.45) is 4.99 Å². The summed E-state index contributed by atoms with van der Waals surface area (Å²) in [5, 5.41) is 3.48. The lowest BCUT2D eigenvalue weighted by atomic mass is 10.0. The predicted molar refractivity (Wildman–Crippen MR) is 107 cm³/mol. The quantitative estimate of drug-likeness (QED) is 0.761. The molecule has 0 spiro atoms. The van der Waals surface area contributed by atoms with Crippen molar-refractivity contribution in [3.63, 3.8) is 0 Å². The molecule has 0 unspecified atom stereocenters. The summed E-state index contributed by atoms with van der Waals surface area (Å²) in [6, 6.07) is 14.4. The van der Waals surface area contributed by atoms with Gasteiger partial charge in [-0.1, -0.05) is 55.8 Å². The molecular formula is C21H22N2OS. The Bertz CT molecular complexity index is 864. The van der Waals surface area contributed by atoms with Crippen molar-refractivity contribution in [3.8, 4) is 0 Å². The molecule has 1 saturated heterocycles. The summed E-state index contributed by atoms with van der Waals surface area (Å²) in [7, 11) is 0. The van der Waals surface area contributed by atoms with Crippen LogP contribution in [0.3, 0.4) is 0 Å².